The highest BCUT2D eigenvalue weighted by molar-refractivity contribution is 6.31. The lowest BCUT2D eigenvalue weighted by atomic mass is 10.0. The van der Waals surface area contributed by atoms with E-state index in [1.54, 1.807) is 73.9 Å². The van der Waals surface area contributed by atoms with Crippen molar-refractivity contribution in [2.45, 2.75) is 13.0 Å². The minimum atomic E-state index is -0.337. The third kappa shape index (κ3) is 6.43. The molecule has 158 valence electrons. The second kappa shape index (κ2) is 11.5. The van der Waals surface area contributed by atoms with Gasteiger partial charge >= 0.3 is 0 Å². The van der Waals surface area contributed by atoms with Crippen molar-refractivity contribution in [2.24, 2.45) is 5.73 Å². The highest BCUT2D eigenvalue weighted by Gasteiger charge is 2.15. The number of rotatable bonds is 5. The van der Waals surface area contributed by atoms with Crippen LogP contribution in [0.3, 0.4) is 0 Å². The summed E-state index contributed by atoms with van der Waals surface area (Å²) in [6.07, 6.45) is 3.18. The zero-order valence-electron chi connectivity index (χ0n) is 16.0. The van der Waals surface area contributed by atoms with Gasteiger partial charge in [-0.15, -0.1) is 24.8 Å². The molecule has 1 heterocycles. The van der Waals surface area contributed by atoms with Gasteiger partial charge in [0, 0.05) is 46.0 Å². The van der Waals surface area contributed by atoms with Crippen LogP contribution < -0.4 is 16.4 Å². The van der Waals surface area contributed by atoms with Gasteiger partial charge in [-0.1, -0.05) is 23.7 Å². The zero-order valence-corrected chi connectivity index (χ0v) is 18.4. The second-order valence-electron chi connectivity index (χ2n) is 6.25. The molecule has 0 aliphatic heterocycles. The Morgan fingerprint density at radius 3 is 2.20 bits per heavy atom. The summed E-state index contributed by atoms with van der Waals surface area (Å²) in [7, 11) is 0. The van der Waals surface area contributed by atoms with Gasteiger partial charge in [0.1, 0.15) is 0 Å². The van der Waals surface area contributed by atoms with Crippen molar-refractivity contribution in [3.63, 3.8) is 0 Å². The lowest BCUT2D eigenvalue weighted by Gasteiger charge is -2.16. The van der Waals surface area contributed by atoms with Crippen molar-refractivity contribution in [3.05, 3.63) is 88.7 Å². The molecule has 9 heteroatoms. The fourth-order valence-electron chi connectivity index (χ4n) is 2.67. The molecule has 2 amide bonds. The predicted molar refractivity (Wildman–Crippen MR) is 125 cm³/mol. The van der Waals surface area contributed by atoms with Crippen molar-refractivity contribution in [2.75, 3.05) is 10.6 Å². The summed E-state index contributed by atoms with van der Waals surface area (Å²) in [5.74, 6) is -0.642. The number of nitrogens with zero attached hydrogens (tertiary/aromatic N) is 1. The van der Waals surface area contributed by atoms with Crippen LogP contribution in [0.15, 0.2) is 67.0 Å². The summed E-state index contributed by atoms with van der Waals surface area (Å²) < 4.78 is 0. The van der Waals surface area contributed by atoms with Crippen LogP contribution in [0.2, 0.25) is 5.02 Å². The Kier molecular flexibility index (Phi) is 9.75. The highest BCUT2D eigenvalue weighted by atomic mass is 35.5. The van der Waals surface area contributed by atoms with Crippen LogP contribution in [0.4, 0.5) is 11.4 Å². The van der Waals surface area contributed by atoms with Gasteiger partial charge in [-0.25, -0.2) is 0 Å². The van der Waals surface area contributed by atoms with Crippen LogP contribution in [-0.2, 0) is 0 Å². The number of amides is 2. The normalized spacial score (nSPS) is 10.8. The molecule has 2 aromatic carbocycles. The van der Waals surface area contributed by atoms with Crippen molar-refractivity contribution < 1.29 is 9.59 Å². The van der Waals surface area contributed by atoms with Gasteiger partial charge in [0.15, 0.2) is 0 Å². The highest BCUT2D eigenvalue weighted by Crippen LogP contribution is 2.25. The molecule has 3 rings (SSSR count). The van der Waals surface area contributed by atoms with Crippen molar-refractivity contribution in [3.8, 4) is 0 Å². The predicted octanol–water partition coefficient (Wildman–Crippen LogP) is 5.10. The third-order valence-electron chi connectivity index (χ3n) is 4.08. The van der Waals surface area contributed by atoms with E-state index in [4.69, 9.17) is 17.3 Å². The van der Waals surface area contributed by atoms with E-state index in [1.807, 2.05) is 0 Å². The average Bonchev–Trinajstić information content (AvgIpc) is 2.68. The van der Waals surface area contributed by atoms with Crippen LogP contribution in [-0.4, -0.2) is 16.8 Å². The summed E-state index contributed by atoms with van der Waals surface area (Å²) in [6.45, 7) is 1.81. The Bertz CT molecular complexity index is 1010. The van der Waals surface area contributed by atoms with E-state index in [-0.39, 0.29) is 42.7 Å². The molecule has 1 atom stereocenters. The number of aromatic nitrogens is 1. The Morgan fingerprint density at radius 2 is 1.57 bits per heavy atom. The smallest absolute Gasteiger partial charge is 0.255 e. The maximum atomic E-state index is 12.6. The van der Waals surface area contributed by atoms with Crippen LogP contribution >= 0.6 is 36.4 Å². The SMILES string of the molecule is CC(N)c1ccc(C(=O)Nc2ccncc2)cc1NC(=O)c1cccc(Cl)c1.Cl.Cl. The molecule has 0 saturated heterocycles. The number of hydrogen-bond acceptors (Lipinski definition) is 4. The Hall–Kier alpha value is -2.64. The van der Waals surface area contributed by atoms with Gasteiger partial charge in [0.25, 0.3) is 11.8 Å². The number of halogens is 3. The number of nitrogens with one attached hydrogen (secondary N) is 2. The van der Waals surface area contributed by atoms with Crippen LogP contribution in [0.25, 0.3) is 0 Å². The molecular formula is C21H21Cl3N4O2. The van der Waals surface area contributed by atoms with Gasteiger partial charge in [0.05, 0.1) is 0 Å². The standard InChI is InChI=1S/C21H19ClN4O2.2ClH/c1-13(23)18-6-5-15(20(27)25-17-7-9-24-10-8-17)12-19(18)26-21(28)14-3-2-4-16(22)11-14;;/h2-13H,23H2,1H3,(H,26,28)(H,24,25,27);2*1H. The van der Waals surface area contributed by atoms with Crippen LogP contribution in [0.1, 0.15) is 39.2 Å². The molecule has 0 aliphatic carbocycles. The monoisotopic (exact) mass is 466 g/mol. The first kappa shape index (κ1) is 25.4. The first-order valence-corrected chi connectivity index (χ1v) is 8.99. The zero-order chi connectivity index (χ0) is 20.1. The summed E-state index contributed by atoms with van der Waals surface area (Å²) >= 11 is 5.96. The Labute approximate surface area is 192 Å². The topological polar surface area (TPSA) is 97.1 Å². The average molecular weight is 468 g/mol. The summed E-state index contributed by atoms with van der Waals surface area (Å²) in [5, 5.41) is 6.08. The number of anilines is 2. The molecule has 0 saturated carbocycles. The number of pyridine rings is 1. The fraction of sp³-hybridized carbons (Fsp3) is 0.0952. The third-order valence-corrected chi connectivity index (χ3v) is 4.31. The maximum absolute atomic E-state index is 12.6. The largest absolute Gasteiger partial charge is 0.324 e. The summed E-state index contributed by atoms with van der Waals surface area (Å²) in [4.78, 5) is 29.1. The quantitative estimate of drug-likeness (QED) is 0.486. The molecule has 0 aliphatic rings. The number of carbonyl (C=O) groups is 2. The van der Waals surface area contributed by atoms with Crippen LogP contribution in [0, 0.1) is 0 Å². The lowest BCUT2D eigenvalue weighted by molar-refractivity contribution is 0.101. The fourth-order valence-corrected chi connectivity index (χ4v) is 2.86. The minimum absolute atomic E-state index is 0. The van der Waals surface area contributed by atoms with Gasteiger partial charge < -0.3 is 16.4 Å². The molecule has 6 nitrogen and oxygen atoms in total. The Morgan fingerprint density at radius 1 is 0.933 bits per heavy atom. The van der Waals surface area contributed by atoms with E-state index in [0.29, 0.717) is 27.5 Å². The summed E-state index contributed by atoms with van der Waals surface area (Å²) in [5.41, 5.74) is 8.64. The summed E-state index contributed by atoms with van der Waals surface area (Å²) in [6, 6.07) is 14.7. The van der Waals surface area contributed by atoms with Gasteiger partial charge in [-0.2, -0.15) is 0 Å². The van der Waals surface area contributed by atoms with Gasteiger partial charge in [-0.3, -0.25) is 14.6 Å². The van der Waals surface area contributed by atoms with E-state index >= 15 is 0 Å². The molecule has 0 bridgehead atoms. The molecule has 3 aromatic rings. The maximum Gasteiger partial charge on any atom is 0.255 e. The van der Waals surface area contributed by atoms with E-state index in [9.17, 15) is 9.59 Å². The molecule has 1 aromatic heterocycles. The number of carbonyl (C=O) groups excluding carboxylic acids is 2. The van der Waals surface area contributed by atoms with E-state index in [0.717, 1.165) is 5.56 Å². The first-order chi connectivity index (χ1) is 13.4. The first-order valence-electron chi connectivity index (χ1n) is 8.62. The van der Waals surface area contributed by atoms with Crippen molar-refractivity contribution in [1.29, 1.82) is 0 Å². The van der Waals surface area contributed by atoms with E-state index < -0.39 is 0 Å². The molecule has 0 radical (unpaired) electrons. The van der Waals surface area contributed by atoms with Crippen molar-refractivity contribution in [1.82, 2.24) is 4.98 Å². The molecule has 1 unspecified atom stereocenters. The van der Waals surface area contributed by atoms with Crippen molar-refractivity contribution >= 4 is 59.6 Å². The molecule has 0 spiro atoms. The molecule has 0 fully saturated rings. The molecule has 4 N–H and O–H groups in total. The molecular weight excluding hydrogens is 447 g/mol. The second-order valence-corrected chi connectivity index (χ2v) is 6.68. The van der Waals surface area contributed by atoms with Crippen LogP contribution in [0.5, 0.6) is 0 Å². The van der Waals surface area contributed by atoms with Gasteiger partial charge in [0.2, 0.25) is 0 Å². The lowest BCUT2D eigenvalue weighted by Crippen LogP contribution is -2.18. The van der Waals surface area contributed by atoms with E-state index in [2.05, 4.69) is 15.6 Å². The van der Waals surface area contributed by atoms with E-state index in [1.165, 1.54) is 0 Å². The number of benzene rings is 2. The molecule has 30 heavy (non-hydrogen) atoms. The minimum Gasteiger partial charge on any atom is -0.324 e. The number of nitrogens with two attached hydrogens (primary N) is 1. The number of hydrogen-bond donors (Lipinski definition) is 3. The van der Waals surface area contributed by atoms with Gasteiger partial charge in [-0.05, 0) is 55.0 Å². The Balaban J connectivity index is 0.00000225.